The first kappa shape index (κ1) is 17.6. The highest BCUT2D eigenvalue weighted by atomic mass is 16.3. The molecule has 0 bridgehead atoms. The summed E-state index contributed by atoms with van der Waals surface area (Å²) >= 11 is 0. The number of amides is 1. The average Bonchev–Trinajstić information content (AvgIpc) is 3.07. The monoisotopic (exact) mass is 343 g/mol. The van der Waals surface area contributed by atoms with E-state index in [0.717, 1.165) is 25.2 Å². The molecule has 0 saturated carbocycles. The molecule has 1 aromatic carbocycles. The van der Waals surface area contributed by atoms with Crippen molar-refractivity contribution in [2.75, 3.05) is 18.4 Å². The number of carbonyl (C=O) groups excluding carboxylic acids is 1. The molecule has 2 heterocycles. The van der Waals surface area contributed by atoms with Gasteiger partial charge in [0, 0.05) is 25.3 Å². The van der Waals surface area contributed by atoms with Crippen LogP contribution in [0.3, 0.4) is 0 Å². The highest BCUT2D eigenvalue weighted by molar-refractivity contribution is 5.94. The van der Waals surface area contributed by atoms with E-state index >= 15 is 0 Å². The van der Waals surface area contributed by atoms with Crippen LogP contribution in [0, 0.1) is 0 Å². The minimum Gasteiger partial charge on any atom is -0.389 e. The molecule has 2 aromatic rings. The van der Waals surface area contributed by atoms with Gasteiger partial charge in [-0.1, -0.05) is 12.1 Å². The second kappa shape index (κ2) is 6.93. The molecule has 25 heavy (non-hydrogen) atoms. The summed E-state index contributed by atoms with van der Waals surface area (Å²) in [6, 6.07) is 5.56. The zero-order chi connectivity index (χ0) is 18.0. The summed E-state index contributed by atoms with van der Waals surface area (Å²) in [5, 5.41) is 17.1. The van der Waals surface area contributed by atoms with Crippen LogP contribution in [0.1, 0.15) is 37.9 Å². The smallest absolute Gasteiger partial charge is 0.249 e. The molecule has 0 radical (unpaired) electrons. The summed E-state index contributed by atoms with van der Waals surface area (Å²) in [5.41, 5.74) is 2.52. The molecule has 1 aliphatic heterocycles. The van der Waals surface area contributed by atoms with Crippen molar-refractivity contribution in [1.29, 1.82) is 0 Å². The summed E-state index contributed by atoms with van der Waals surface area (Å²) in [4.78, 5) is 18.6. The lowest BCUT2D eigenvalue weighted by Gasteiger charge is -2.34. The van der Waals surface area contributed by atoms with E-state index in [4.69, 9.17) is 0 Å². The molecule has 0 spiro atoms. The fourth-order valence-corrected chi connectivity index (χ4v) is 3.24. The zero-order valence-electron chi connectivity index (χ0n) is 14.9. The van der Waals surface area contributed by atoms with Crippen LogP contribution >= 0.6 is 0 Å². The van der Waals surface area contributed by atoms with E-state index in [-0.39, 0.29) is 5.91 Å². The van der Waals surface area contributed by atoms with Crippen LogP contribution in [-0.2, 0) is 17.8 Å². The van der Waals surface area contributed by atoms with Gasteiger partial charge >= 0.3 is 0 Å². The number of fused-ring (bicyclic) bond motifs is 1. The van der Waals surface area contributed by atoms with Crippen molar-refractivity contribution >= 4 is 11.6 Å². The van der Waals surface area contributed by atoms with Crippen molar-refractivity contribution in [1.82, 2.24) is 19.7 Å². The molecule has 0 aliphatic carbocycles. The Bertz CT molecular complexity index is 736. The van der Waals surface area contributed by atoms with Crippen molar-refractivity contribution in [2.45, 2.75) is 45.4 Å². The predicted molar refractivity (Wildman–Crippen MR) is 95.1 cm³/mol. The summed E-state index contributed by atoms with van der Waals surface area (Å²) in [5.74, 6) is -0.113. The van der Waals surface area contributed by atoms with Gasteiger partial charge in [0.15, 0.2) is 0 Å². The molecule has 2 N–H and O–H groups in total. The summed E-state index contributed by atoms with van der Waals surface area (Å²) in [6.45, 7) is 7.72. The largest absolute Gasteiger partial charge is 0.389 e. The van der Waals surface area contributed by atoms with Crippen molar-refractivity contribution in [2.24, 2.45) is 0 Å². The minimum atomic E-state index is -0.712. The van der Waals surface area contributed by atoms with E-state index in [1.54, 1.807) is 13.3 Å². The maximum atomic E-state index is 12.5. The maximum absolute atomic E-state index is 12.5. The molecular weight excluding hydrogens is 318 g/mol. The van der Waals surface area contributed by atoms with Crippen LogP contribution in [0.5, 0.6) is 0 Å². The number of hydrogen-bond donors (Lipinski definition) is 2. The van der Waals surface area contributed by atoms with Crippen molar-refractivity contribution < 1.29 is 9.90 Å². The van der Waals surface area contributed by atoms with E-state index in [2.05, 4.69) is 26.4 Å². The Labute approximate surface area is 147 Å². The summed E-state index contributed by atoms with van der Waals surface area (Å²) in [7, 11) is 0. The molecule has 134 valence electrons. The SMILES string of the molecule is C[C@@H](C(=O)Nc1cccc2c1CCN(CC(C)(C)O)C2)n1cncn1. The lowest BCUT2D eigenvalue weighted by Crippen LogP contribution is -2.41. The Hall–Kier alpha value is -2.25. The van der Waals surface area contributed by atoms with Crippen molar-refractivity contribution in [3.8, 4) is 0 Å². The topological polar surface area (TPSA) is 83.3 Å². The van der Waals surface area contributed by atoms with Gasteiger partial charge in [-0.15, -0.1) is 0 Å². The zero-order valence-corrected chi connectivity index (χ0v) is 14.9. The van der Waals surface area contributed by atoms with Crippen molar-refractivity contribution in [3.63, 3.8) is 0 Å². The third kappa shape index (κ3) is 4.24. The second-order valence-corrected chi connectivity index (χ2v) is 7.26. The highest BCUT2D eigenvalue weighted by Crippen LogP contribution is 2.27. The molecule has 0 fully saturated rings. The Morgan fingerprint density at radius 1 is 1.44 bits per heavy atom. The molecule has 1 aromatic heterocycles. The lowest BCUT2D eigenvalue weighted by molar-refractivity contribution is -0.119. The first-order valence-electron chi connectivity index (χ1n) is 8.54. The molecule has 1 atom stereocenters. The molecule has 1 aliphatic rings. The van der Waals surface area contributed by atoms with E-state index in [9.17, 15) is 9.90 Å². The standard InChI is InChI=1S/C18H25N5O2/c1-13(23-12-19-11-20-23)17(24)21-16-6-4-5-14-9-22(8-7-15(14)16)10-18(2,3)25/h4-6,11-13,25H,7-10H2,1-3H3,(H,21,24)/t13-/m0/s1. The molecule has 1 amide bonds. The molecular formula is C18H25N5O2. The molecule has 7 heteroatoms. The van der Waals surface area contributed by atoms with E-state index in [1.165, 1.54) is 22.1 Å². The summed E-state index contributed by atoms with van der Waals surface area (Å²) in [6.07, 6.45) is 3.81. The Morgan fingerprint density at radius 2 is 2.24 bits per heavy atom. The predicted octanol–water partition coefficient (Wildman–Crippen LogP) is 1.61. The van der Waals surface area contributed by atoms with Gasteiger partial charge in [-0.25, -0.2) is 9.67 Å². The van der Waals surface area contributed by atoms with Crippen molar-refractivity contribution in [3.05, 3.63) is 42.0 Å². The number of nitrogens with zero attached hydrogens (tertiary/aromatic N) is 4. The Morgan fingerprint density at radius 3 is 2.92 bits per heavy atom. The number of aromatic nitrogens is 3. The molecule has 7 nitrogen and oxygen atoms in total. The van der Waals surface area contributed by atoms with Gasteiger partial charge < -0.3 is 10.4 Å². The van der Waals surface area contributed by atoms with Crippen LogP contribution in [0.4, 0.5) is 5.69 Å². The number of benzene rings is 1. The van der Waals surface area contributed by atoms with E-state index in [1.807, 2.05) is 26.0 Å². The number of anilines is 1. The number of nitrogens with one attached hydrogen (secondary N) is 1. The van der Waals surface area contributed by atoms with Gasteiger partial charge in [0.25, 0.3) is 0 Å². The second-order valence-electron chi connectivity index (χ2n) is 7.26. The Balaban J connectivity index is 1.73. The van der Waals surface area contributed by atoms with E-state index in [0.29, 0.717) is 6.54 Å². The quantitative estimate of drug-likeness (QED) is 0.862. The summed E-state index contributed by atoms with van der Waals surface area (Å²) < 4.78 is 1.54. The van der Waals surface area contributed by atoms with Gasteiger partial charge in [-0.2, -0.15) is 5.10 Å². The highest BCUT2D eigenvalue weighted by Gasteiger charge is 2.25. The number of carbonyl (C=O) groups is 1. The number of hydrogen-bond acceptors (Lipinski definition) is 5. The van der Waals surface area contributed by atoms with Gasteiger partial charge in [0.1, 0.15) is 18.7 Å². The van der Waals surface area contributed by atoms with Crippen LogP contribution in [0.25, 0.3) is 0 Å². The fourth-order valence-electron chi connectivity index (χ4n) is 3.24. The molecule has 0 saturated heterocycles. The van der Waals surface area contributed by atoms with Gasteiger partial charge in [0.2, 0.25) is 5.91 Å². The molecule has 3 rings (SSSR count). The third-order valence-corrected chi connectivity index (χ3v) is 4.43. The number of β-amino-alcohol motifs (C(OH)–C–C–N with tert-alkyl or cyclic N) is 1. The van der Waals surface area contributed by atoms with Crippen LogP contribution in [0.2, 0.25) is 0 Å². The van der Waals surface area contributed by atoms with Crippen LogP contribution in [-0.4, -0.2) is 49.4 Å². The van der Waals surface area contributed by atoms with Crippen LogP contribution < -0.4 is 5.32 Å². The normalized spacial score (nSPS) is 16.3. The first-order chi connectivity index (χ1) is 11.8. The average molecular weight is 343 g/mol. The van der Waals surface area contributed by atoms with Gasteiger partial charge in [-0.3, -0.25) is 9.69 Å². The number of aliphatic hydroxyl groups is 1. The number of rotatable bonds is 5. The van der Waals surface area contributed by atoms with Gasteiger partial charge in [0.05, 0.1) is 5.60 Å². The maximum Gasteiger partial charge on any atom is 0.249 e. The lowest BCUT2D eigenvalue weighted by atomic mass is 9.96. The fraction of sp³-hybridized carbons (Fsp3) is 0.500. The minimum absolute atomic E-state index is 0.113. The first-order valence-corrected chi connectivity index (χ1v) is 8.54. The van der Waals surface area contributed by atoms with Gasteiger partial charge in [-0.05, 0) is 44.4 Å². The van der Waals surface area contributed by atoms with Crippen LogP contribution in [0.15, 0.2) is 30.9 Å². The molecule has 0 unspecified atom stereocenters. The van der Waals surface area contributed by atoms with E-state index < -0.39 is 11.6 Å². The third-order valence-electron chi connectivity index (χ3n) is 4.43. The Kier molecular flexibility index (Phi) is 4.87.